The number of carboxylic acid groups (broad SMARTS) is 1. The van der Waals surface area contributed by atoms with Gasteiger partial charge in [-0.05, 0) is 24.8 Å². The van der Waals surface area contributed by atoms with Gasteiger partial charge in [0.1, 0.15) is 5.56 Å². The first-order valence-corrected chi connectivity index (χ1v) is 5.30. The van der Waals surface area contributed by atoms with Gasteiger partial charge in [-0.2, -0.15) is 0 Å². The van der Waals surface area contributed by atoms with Crippen LogP contribution in [0.4, 0.5) is 10.2 Å². The molecule has 1 fully saturated rings. The second kappa shape index (κ2) is 4.47. The van der Waals surface area contributed by atoms with Crippen molar-refractivity contribution in [1.82, 2.24) is 4.98 Å². The molecule has 0 amide bonds. The first-order valence-electron chi connectivity index (χ1n) is 5.30. The number of hydrogen-bond donors (Lipinski definition) is 2. The largest absolute Gasteiger partial charge is 0.478 e. The highest BCUT2D eigenvalue weighted by molar-refractivity contribution is 5.88. The van der Waals surface area contributed by atoms with Crippen LogP contribution in [0.2, 0.25) is 0 Å². The number of halogens is 1. The van der Waals surface area contributed by atoms with Crippen LogP contribution in [0.3, 0.4) is 0 Å². The van der Waals surface area contributed by atoms with Gasteiger partial charge < -0.3 is 10.4 Å². The van der Waals surface area contributed by atoms with E-state index >= 15 is 0 Å². The third-order valence-corrected chi connectivity index (χ3v) is 2.90. The molecular weight excluding hydrogens is 211 g/mol. The fourth-order valence-electron chi connectivity index (χ4n) is 1.67. The minimum atomic E-state index is -1.27. The van der Waals surface area contributed by atoms with Crippen molar-refractivity contribution in [2.45, 2.75) is 19.3 Å². The normalized spacial score (nSPS) is 15.6. The van der Waals surface area contributed by atoms with E-state index < -0.39 is 11.8 Å². The molecule has 2 N–H and O–H groups in total. The molecule has 4 nitrogen and oxygen atoms in total. The Balaban J connectivity index is 2.07. The zero-order valence-corrected chi connectivity index (χ0v) is 8.74. The van der Waals surface area contributed by atoms with Crippen molar-refractivity contribution in [2.75, 3.05) is 11.9 Å². The summed E-state index contributed by atoms with van der Waals surface area (Å²) in [5, 5.41) is 11.6. The number of carbonyl (C=O) groups is 1. The van der Waals surface area contributed by atoms with Gasteiger partial charge in [0.25, 0.3) is 0 Å². The van der Waals surface area contributed by atoms with Crippen LogP contribution in [0.25, 0.3) is 0 Å². The van der Waals surface area contributed by atoms with Crippen LogP contribution in [0.1, 0.15) is 29.6 Å². The molecule has 0 radical (unpaired) electrons. The summed E-state index contributed by atoms with van der Waals surface area (Å²) in [6.07, 6.45) is 4.81. The Bertz CT molecular complexity index is 405. The number of pyridine rings is 1. The molecule has 2 rings (SSSR count). The van der Waals surface area contributed by atoms with Gasteiger partial charge in [0, 0.05) is 12.7 Å². The molecule has 0 spiro atoms. The highest BCUT2D eigenvalue weighted by Gasteiger charge is 2.19. The number of aromatic carboxylic acids is 1. The Morgan fingerprint density at radius 2 is 2.38 bits per heavy atom. The molecule has 86 valence electrons. The van der Waals surface area contributed by atoms with E-state index in [0.717, 1.165) is 18.9 Å². The minimum Gasteiger partial charge on any atom is -0.478 e. The summed E-state index contributed by atoms with van der Waals surface area (Å²) in [6, 6.07) is 1.16. The molecule has 1 saturated carbocycles. The maximum Gasteiger partial charge on any atom is 0.338 e. The Morgan fingerprint density at radius 3 is 2.94 bits per heavy atom. The number of aromatic nitrogens is 1. The van der Waals surface area contributed by atoms with Gasteiger partial charge >= 0.3 is 5.97 Å². The van der Waals surface area contributed by atoms with Crippen molar-refractivity contribution in [3.05, 3.63) is 23.6 Å². The van der Waals surface area contributed by atoms with Crippen LogP contribution in [-0.2, 0) is 0 Å². The van der Waals surface area contributed by atoms with E-state index in [1.165, 1.54) is 12.6 Å². The summed E-state index contributed by atoms with van der Waals surface area (Å²) in [7, 11) is 0. The molecule has 1 aliphatic carbocycles. The monoisotopic (exact) mass is 224 g/mol. The summed E-state index contributed by atoms with van der Waals surface area (Å²) in [5.74, 6) is -1.46. The van der Waals surface area contributed by atoms with Gasteiger partial charge in [0.05, 0.1) is 0 Å². The van der Waals surface area contributed by atoms with Crippen LogP contribution in [0, 0.1) is 11.7 Å². The summed E-state index contributed by atoms with van der Waals surface area (Å²) in [5.41, 5.74) is -0.342. The first-order chi connectivity index (χ1) is 7.68. The summed E-state index contributed by atoms with van der Waals surface area (Å²) in [4.78, 5) is 14.5. The van der Waals surface area contributed by atoms with E-state index in [-0.39, 0.29) is 11.4 Å². The van der Waals surface area contributed by atoms with Crippen molar-refractivity contribution < 1.29 is 14.3 Å². The van der Waals surface area contributed by atoms with Crippen LogP contribution in [0.5, 0.6) is 0 Å². The molecule has 0 atom stereocenters. The Hall–Kier alpha value is -1.65. The number of rotatable bonds is 4. The number of anilines is 1. The molecule has 0 saturated heterocycles. The molecule has 16 heavy (non-hydrogen) atoms. The second-order valence-electron chi connectivity index (χ2n) is 4.00. The van der Waals surface area contributed by atoms with Gasteiger partial charge in [0.2, 0.25) is 0 Å². The lowest BCUT2D eigenvalue weighted by Gasteiger charge is -2.25. The molecule has 1 heterocycles. The molecule has 0 aromatic carbocycles. The number of nitrogens with zero attached hydrogens (tertiary/aromatic N) is 1. The van der Waals surface area contributed by atoms with Crippen LogP contribution < -0.4 is 5.32 Å². The van der Waals surface area contributed by atoms with Crippen LogP contribution in [-0.4, -0.2) is 22.6 Å². The SMILES string of the molecule is O=C(O)c1ccnc(NCC2CCC2)c1F. The molecule has 1 aromatic rings. The van der Waals surface area contributed by atoms with Crippen molar-refractivity contribution in [1.29, 1.82) is 0 Å². The maximum atomic E-state index is 13.6. The zero-order chi connectivity index (χ0) is 11.5. The molecule has 1 aliphatic rings. The highest BCUT2D eigenvalue weighted by Crippen LogP contribution is 2.26. The van der Waals surface area contributed by atoms with Gasteiger partial charge in [0.15, 0.2) is 11.6 Å². The lowest BCUT2D eigenvalue weighted by Crippen LogP contribution is -2.22. The number of carboxylic acids is 1. The predicted molar refractivity (Wildman–Crippen MR) is 57.0 cm³/mol. The third kappa shape index (κ3) is 2.13. The molecule has 1 aromatic heterocycles. The van der Waals surface area contributed by atoms with E-state index in [2.05, 4.69) is 10.3 Å². The molecule has 0 unspecified atom stereocenters. The zero-order valence-electron chi connectivity index (χ0n) is 8.74. The van der Waals surface area contributed by atoms with Crippen molar-refractivity contribution in [3.8, 4) is 0 Å². The number of nitrogens with one attached hydrogen (secondary N) is 1. The molecule has 5 heteroatoms. The quantitative estimate of drug-likeness (QED) is 0.822. The van der Waals surface area contributed by atoms with Crippen molar-refractivity contribution >= 4 is 11.8 Å². The summed E-state index contributed by atoms with van der Waals surface area (Å²) >= 11 is 0. The molecule has 0 bridgehead atoms. The fraction of sp³-hybridized carbons (Fsp3) is 0.455. The Labute approximate surface area is 92.5 Å². The average Bonchev–Trinajstić information content (AvgIpc) is 2.17. The minimum absolute atomic E-state index is 0.0341. The van der Waals surface area contributed by atoms with Crippen molar-refractivity contribution in [2.24, 2.45) is 5.92 Å². The number of hydrogen-bond acceptors (Lipinski definition) is 3. The Morgan fingerprint density at radius 1 is 1.62 bits per heavy atom. The lowest BCUT2D eigenvalue weighted by molar-refractivity contribution is 0.0692. The van der Waals surface area contributed by atoms with Crippen LogP contribution >= 0.6 is 0 Å². The maximum absolute atomic E-state index is 13.6. The van der Waals surface area contributed by atoms with Gasteiger partial charge in [-0.15, -0.1) is 0 Å². The van der Waals surface area contributed by atoms with Gasteiger partial charge in [-0.3, -0.25) is 0 Å². The Kier molecular flexibility index (Phi) is 3.03. The highest BCUT2D eigenvalue weighted by atomic mass is 19.1. The lowest BCUT2D eigenvalue weighted by atomic mass is 9.85. The van der Waals surface area contributed by atoms with Crippen LogP contribution in [0.15, 0.2) is 12.3 Å². The topological polar surface area (TPSA) is 62.2 Å². The molecular formula is C11H13FN2O2. The second-order valence-corrected chi connectivity index (χ2v) is 4.00. The third-order valence-electron chi connectivity index (χ3n) is 2.90. The van der Waals surface area contributed by atoms with Gasteiger partial charge in [-0.25, -0.2) is 14.2 Å². The van der Waals surface area contributed by atoms with E-state index in [0.29, 0.717) is 12.5 Å². The smallest absolute Gasteiger partial charge is 0.338 e. The summed E-state index contributed by atoms with van der Waals surface area (Å²) < 4.78 is 13.6. The summed E-state index contributed by atoms with van der Waals surface area (Å²) in [6.45, 7) is 0.660. The molecule has 0 aliphatic heterocycles. The standard InChI is InChI=1S/C11H13FN2O2/c12-9-8(11(15)16)4-5-13-10(9)14-6-7-2-1-3-7/h4-5,7H,1-3,6H2,(H,13,14)(H,15,16). The van der Waals surface area contributed by atoms with E-state index in [1.807, 2.05) is 0 Å². The van der Waals surface area contributed by atoms with E-state index in [4.69, 9.17) is 5.11 Å². The van der Waals surface area contributed by atoms with E-state index in [9.17, 15) is 9.18 Å². The average molecular weight is 224 g/mol. The van der Waals surface area contributed by atoms with Crippen molar-refractivity contribution in [3.63, 3.8) is 0 Å². The van der Waals surface area contributed by atoms with Gasteiger partial charge in [-0.1, -0.05) is 6.42 Å². The first kappa shape index (κ1) is 10.9. The van der Waals surface area contributed by atoms with E-state index in [1.54, 1.807) is 0 Å². The fourth-order valence-corrected chi connectivity index (χ4v) is 1.67. The predicted octanol–water partition coefficient (Wildman–Crippen LogP) is 2.13.